The standard InChI is InChI=1S/C26H29ClN4O6S/c1-4-36-26(33)16-31-24-7-5-6-23(21(24)15-28-31)30(3)38(34,35)20-12-13-25(22(27)14-20)37-19-10-8-18(9-11-19)29-17(2)32/h8-15,23H,4-7,16H2,1-3H3,(H,29,32)/t23-/m1/s1. The van der Waals surface area contributed by atoms with Gasteiger partial charge in [-0.25, -0.2) is 8.42 Å². The molecule has 1 aliphatic carbocycles. The van der Waals surface area contributed by atoms with Crippen LogP contribution in [0.1, 0.15) is 44.0 Å². The van der Waals surface area contributed by atoms with Crippen LogP contribution in [0.5, 0.6) is 11.5 Å². The van der Waals surface area contributed by atoms with Crippen molar-refractivity contribution in [3.05, 3.63) is 64.9 Å². The Bertz CT molecular complexity index is 1440. The number of rotatable bonds is 9. The zero-order valence-corrected chi connectivity index (χ0v) is 22.9. The van der Waals surface area contributed by atoms with Crippen molar-refractivity contribution < 1.29 is 27.5 Å². The summed E-state index contributed by atoms with van der Waals surface area (Å²) in [5.41, 5.74) is 2.24. The maximum atomic E-state index is 13.5. The molecule has 10 nitrogen and oxygen atoms in total. The quantitative estimate of drug-likeness (QED) is 0.381. The summed E-state index contributed by atoms with van der Waals surface area (Å²) in [5.74, 6) is 0.199. The Balaban J connectivity index is 1.52. The number of nitrogens with zero attached hydrogens (tertiary/aromatic N) is 3. The fourth-order valence-electron chi connectivity index (χ4n) is 4.43. The lowest BCUT2D eigenvalue weighted by atomic mass is 9.93. The largest absolute Gasteiger partial charge is 0.465 e. The average Bonchev–Trinajstić information content (AvgIpc) is 3.28. The molecule has 202 valence electrons. The first kappa shape index (κ1) is 27.6. The first-order valence-corrected chi connectivity index (χ1v) is 13.9. The highest BCUT2D eigenvalue weighted by molar-refractivity contribution is 7.89. The number of hydrogen-bond donors (Lipinski definition) is 1. The van der Waals surface area contributed by atoms with Gasteiger partial charge in [0.1, 0.15) is 18.0 Å². The molecule has 1 heterocycles. The molecule has 0 bridgehead atoms. The molecule has 0 unspecified atom stereocenters. The predicted molar refractivity (Wildman–Crippen MR) is 142 cm³/mol. The molecule has 1 amide bonds. The van der Waals surface area contributed by atoms with Gasteiger partial charge < -0.3 is 14.8 Å². The normalized spacial score (nSPS) is 15.1. The van der Waals surface area contributed by atoms with Crippen molar-refractivity contribution in [1.82, 2.24) is 14.1 Å². The summed E-state index contributed by atoms with van der Waals surface area (Å²) >= 11 is 6.41. The number of sulfonamides is 1. The van der Waals surface area contributed by atoms with Crippen molar-refractivity contribution in [3.63, 3.8) is 0 Å². The number of esters is 1. The zero-order chi connectivity index (χ0) is 27.4. The molecule has 0 aliphatic heterocycles. The van der Waals surface area contributed by atoms with Crippen molar-refractivity contribution in [3.8, 4) is 11.5 Å². The Kier molecular flexibility index (Phi) is 8.39. The van der Waals surface area contributed by atoms with Crippen molar-refractivity contribution in [2.24, 2.45) is 0 Å². The molecule has 0 saturated carbocycles. The van der Waals surface area contributed by atoms with E-state index in [0.717, 1.165) is 17.7 Å². The molecular formula is C26H29ClN4O6S. The summed E-state index contributed by atoms with van der Waals surface area (Å²) in [4.78, 5) is 23.2. The third kappa shape index (κ3) is 6.01. The molecule has 1 atom stereocenters. The van der Waals surface area contributed by atoms with Crippen LogP contribution in [0, 0.1) is 0 Å². The summed E-state index contributed by atoms with van der Waals surface area (Å²) < 4.78 is 40.9. The predicted octanol–water partition coefficient (Wildman–Crippen LogP) is 4.55. The summed E-state index contributed by atoms with van der Waals surface area (Å²) in [6.07, 6.45) is 3.70. The Hall–Kier alpha value is -3.41. The van der Waals surface area contributed by atoms with Crippen LogP contribution in [0.15, 0.2) is 53.6 Å². The van der Waals surface area contributed by atoms with Gasteiger partial charge in [-0.2, -0.15) is 9.40 Å². The van der Waals surface area contributed by atoms with Gasteiger partial charge in [-0.3, -0.25) is 14.3 Å². The van der Waals surface area contributed by atoms with Crippen LogP contribution in [0.4, 0.5) is 5.69 Å². The van der Waals surface area contributed by atoms with Gasteiger partial charge in [0, 0.05) is 30.9 Å². The molecule has 0 radical (unpaired) electrons. The molecule has 12 heteroatoms. The van der Waals surface area contributed by atoms with Gasteiger partial charge in [-0.1, -0.05) is 11.6 Å². The lowest BCUT2D eigenvalue weighted by Crippen LogP contribution is -2.33. The van der Waals surface area contributed by atoms with Crippen LogP contribution in [0.25, 0.3) is 0 Å². The minimum Gasteiger partial charge on any atom is -0.465 e. The zero-order valence-electron chi connectivity index (χ0n) is 21.3. The number of amides is 1. The second-order valence-corrected chi connectivity index (χ2v) is 11.2. The Morgan fingerprint density at radius 1 is 1.21 bits per heavy atom. The average molecular weight is 561 g/mol. The van der Waals surface area contributed by atoms with Crippen LogP contribution in [0.3, 0.4) is 0 Å². The fraction of sp³-hybridized carbons (Fsp3) is 0.346. The number of hydrogen-bond acceptors (Lipinski definition) is 7. The lowest BCUT2D eigenvalue weighted by molar-refractivity contribution is -0.144. The van der Waals surface area contributed by atoms with Crippen LogP contribution < -0.4 is 10.1 Å². The highest BCUT2D eigenvalue weighted by atomic mass is 35.5. The molecule has 38 heavy (non-hydrogen) atoms. The van der Waals surface area contributed by atoms with Crippen LogP contribution in [0.2, 0.25) is 5.02 Å². The second-order valence-electron chi connectivity index (χ2n) is 8.84. The number of fused-ring (bicyclic) bond motifs is 1. The van der Waals surface area contributed by atoms with Crippen molar-refractivity contribution in [1.29, 1.82) is 0 Å². The van der Waals surface area contributed by atoms with Gasteiger partial charge in [0.15, 0.2) is 0 Å². The molecule has 2 aromatic carbocycles. The fourth-order valence-corrected chi connectivity index (χ4v) is 6.11. The first-order valence-electron chi connectivity index (χ1n) is 12.1. The Morgan fingerprint density at radius 2 is 1.95 bits per heavy atom. The summed E-state index contributed by atoms with van der Waals surface area (Å²) in [5, 5.41) is 7.14. The van der Waals surface area contributed by atoms with Gasteiger partial charge in [0.05, 0.1) is 28.8 Å². The smallest absolute Gasteiger partial charge is 0.327 e. The monoisotopic (exact) mass is 560 g/mol. The van der Waals surface area contributed by atoms with Crippen LogP contribution in [-0.2, 0) is 37.3 Å². The number of aromatic nitrogens is 2. The van der Waals surface area contributed by atoms with Gasteiger partial charge in [0.25, 0.3) is 0 Å². The minimum atomic E-state index is -3.91. The third-order valence-corrected chi connectivity index (χ3v) is 8.39. The molecule has 0 fully saturated rings. The van der Waals surface area contributed by atoms with E-state index < -0.39 is 16.1 Å². The number of carbonyl (C=O) groups excluding carboxylic acids is 2. The van der Waals surface area contributed by atoms with Crippen molar-refractivity contribution in [2.45, 2.75) is 50.6 Å². The van der Waals surface area contributed by atoms with E-state index in [1.54, 1.807) is 42.1 Å². The summed E-state index contributed by atoms with van der Waals surface area (Å²) in [6.45, 7) is 3.43. The number of benzene rings is 2. The van der Waals surface area contributed by atoms with Gasteiger partial charge >= 0.3 is 5.97 Å². The Labute approximate surface area is 226 Å². The number of anilines is 1. The number of ether oxygens (including phenoxy) is 2. The van der Waals surface area contributed by atoms with Gasteiger partial charge in [-0.05, 0) is 68.7 Å². The summed E-state index contributed by atoms with van der Waals surface area (Å²) in [6, 6.07) is 10.6. The highest BCUT2D eigenvalue weighted by Gasteiger charge is 2.34. The van der Waals surface area contributed by atoms with Crippen LogP contribution >= 0.6 is 11.6 Å². The van der Waals surface area contributed by atoms with E-state index >= 15 is 0 Å². The van der Waals surface area contributed by atoms with E-state index in [2.05, 4.69) is 10.4 Å². The minimum absolute atomic E-state index is 0.0145. The van der Waals surface area contributed by atoms with E-state index in [1.165, 1.54) is 36.5 Å². The van der Waals surface area contributed by atoms with Crippen molar-refractivity contribution >= 4 is 39.2 Å². The van der Waals surface area contributed by atoms with E-state index in [0.29, 0.717) is 30.0 Å². The SMILES string of the molecule is CCOC(=O)Cn1ncc2c1CCC[C@H]2N(C)S(=O)(=O)c1ccc(Oc2ccc(NC(C)=O)cc2)c(Cl)c1. The number of carbonyl (C=O) groups is 2. The highest BCUT2D eigenvalue weighted by Crippen LogP contribution is 2.38. The molecule has 1 N–H and O–H groups in total. The lowest BCUT2D eigenvalue weighted by Gasteiger charge is -2.31. The molecular weight excluding hydrogens is 532 g/mol. The third-order valence-electron chi connectivity index (χ3n) is 6.24. The maximum Gasteiger partial charge on any atom is 0.327 e. The number of halogens is 1. The van der Waals surface area contributed by atoms with Crippen LogP contribution in [-0.4, -0.2) is 48.0 Å². The second kappa shape index (κ2) is 11.5. The van der Waals surface area contributed by atoms with E-state index in [4.69, 9.17) is 21.1 Å². The van der Waals surface area contributed by atoms with E-state index in [-0.39, 0.29) is 34.9 Å². The van der Waals surface area contributed by atoms with Gasteiger partial charge in [0.2, 0.25) is 15.9 Å². The van der Waals surface area contributed by atoms with Crippen molar-refractivity contribution in [2.75, 3.05) is 19.0 Å². The summed E-state index contributed by atoms with van der Waals surface area (Å²) in [7, 11) is -2.37. The maximum absolute atomic E-state index is 13.5. The molecule has 4 rings (SSSR count). The number of nitrogens with one attached hydrogen (secondary N) is 1. The van der Waals surface area contributed by atoms with Gasteiger partial charge in [-0.15, -0.1) is 0 Å². The first-order chi connectivity index (χ1) is 18.1. The molecule has 1 aliphatic rings. The molecule has 3 aromatic rings. The Morgan fingerprint density at radius 3 is 2.61 bits per heavy atom. The molecule has 0 spiro atoms. The van der Waals surface area contributed by atoms with E-state index in [1.807, 2.05) is 0 Å². The topological polar surface area (TPSA) is 120 Å². The molecule has 1 aromatic heterocycles. The van der Waals surface area contributed by atoms with E-state index in [9.17, 15) is 18.0 Å². The molecule has 0 saturated heterocycles.